The molecule has 0 atom stereocenters. The fourth-order valence-electron chi connectivity index (χ4n) is 3.80. The van der Waals surface area contributed by atoms with Crippen molar-refractivity contribution in [1.29, 1.82) is 0 Å². The number of hydrogen-bond acceptors (Lipinski definition) is 2. The first-order valence-corrected chi connectivity index (χ1v) is 9.51. The number of nitrogens with zero attached hydrogens (tertiary/aromatic N) is 3. The molecule has 2 aliphatic rings. The quantitative estimate of drug-likeness (QED) is 0.524. The van der Waals surface area contributed by atoms with Crippen LogP contribution in [0.1, 0.15) is 37.3 Å². The summed E-state index contributed by atoms with van der Waals surface area (Å²) in [7, 11) is 1.90. The summed E-state index contributed by atoms with van der Waals surface area (Å²) in [5.74, 6) is 1.95. The highest BCUT2D eigenvalue weighted by Gasteiger charge is 2.18. The van der Waals surface area contributed by atoms with Crippen LogP contribution in [0.25, 0.3) is 0 Å². The van der Waals surface area contributed by atoms with Gasteiger partial charge in [-0.25, -0.2) is 0 Å². The Morgan fingerprint density at radius 1 is 1.17 bits per heavy atom. The molecule has 4 nitrogen and oxygen atoms in total. The predicted molar refractivity (Wildman–Crippen MR) is 101 cm³/mol. The molecule has 0 bridgehead atoms. The van der Waals surface area contributed by atoms with Gasteiger partial charge in [-0.3, -0.25) is 9.89 Å². The van der Waals surface area contributed by atoms with Crippen molar-refractivity contribution in [3.8, 4) is 0 Å². The third-order valence-corrected chi connectivity index (χ3v) is 5.44. The van der Waals surface area contributed by atoms with Gasteiger partial charge < -0.3 is 10.2 Å². The van der Waals surface area contributed by atoms with E-state index in [-0.39, 0.29) is 0 Å². The van der Waals surface area contributed by atoms with Crippen molar-refractivity contribution in [2.24, 2.45) is 10.9 Å². The Kier molecular flexibility index (Phi) is 6.13. The van der Waals surface area contributed by atoms with Crippen LogP contribution >= 0.6 is 0 Å². The first kappa shape index (κ1) is 17.3. The topological polar surface area (TPSA) is 30.9 Å². The summed E-state index contributed by atoms with van der Waals surface area (Å²) < 4.78 is 0. The highest BCUT2D eigenvalue weighted by Crippen LogP contribution is 2.18. The van der Waals surface area contributed by atoms with Crippen LogP contribution in [-0.2, 0) is 13.0 Å². The van der Waals surface area contributed by atoms with Crippen molar-refractivity contribution < 1.29 is 0 Å². The number of likely N-dealkylation sites (tertiary alicyclic amines) is 1. The van der Waals surface area contributed by atoms with E-state index in [0.29, 0.717) is 0 Å². The molecule has 24 heavy (non-hydrogen) atoms. The largest absolute Gasteiger partial charge is 0.356 e. The molecule has 0 radical (unpaired) electrons. The van der Waals surface area contributed by atoms with E-state index in [0.717, 1.165) is 44.6 Å². The summed E-state index contributed by atoms with van der Waals surface area (Å²) in [5.41, 5.74) is 3.04. The van der Waals surface area contributed by atoms with Crippen LogP contribution in [0.15, 0.2) is 29.3 Å². The number of rotatable bonds is 4. The van der Waals surface area contributed by atoms with Gasteiger partial charge in [-0.05, 0) is 42.7 Å². The van der Waals surface area contributed by atoms with Gasteiger partial charge in [-0.1, -0.05) is 31.2 Å². The lowest BCUT2D eigenvalue weighted by Crippen LogP contribution is -2.46. The molecular formula is C20H32N4. The van der Waals surface area contributed by atoms with E-state index in [1.807, 2.05) is 7.05 Å². The summed E-state index contributed by atoms with van der Waals surface area (Å²) in [6.07, 6.45) is 4.93. The molecule has 132 valence electrons. The first-order valence-electron chi connectivity index (χ1n) is 9.51. The summed E-state index contributed by atoms with van der Waals surface area (Å²) in [5, 5.41) is 3.56. The number of aliphatic imine (C=N–C) groups is 1. The molecule has 4 heteroatoms. The Morgan fingerprint density at radius 2 is 1.92 bits per heavy atom. The Hall–Kier alpha value is -1.55. The van der Waals surface area contributed by atoms with Crippen molar-refractivity contribution >= 4 is 5.96 Å². The smallest absolute Gasteiger partial charge is 0.193 e. The van der Waals surface area contributed by atoms with Crippen LogP contribution in [0.3, 0.4) is 0 Å². The third-order valence-electron chi connectivity index (χ3n) is 5.44. The molecule has 1 N–H and O–H groups in total. The number of fused-ring (bicyclic) bond motifs is 1. The molecule has 2 heterocycles. The summed E-state index contributed by atoms with van der Waals surface area (Å²) in [6.45, 7) is 9.11. The molecular weight excluding hydrogens is 296 g/mol. The van der Waals surface area contributed by atoms with E-state index in [9.17, 15) is 0 Å². The number of hydrogen-bond donors (Lipinski definition) is 1. The molecule has 0 unspecified atom stereocenters. The molecule has 2 aliphatic heterocycles. The minimum Gasteiger partial charge on any atom is -0.356 e. The number of benzene rings is 1. The van der Waals surface area contributed by atoms with E-state index in [1.165, 1.54) is 43.4 Å². The number of piperidine rings is 1. The fraction of sp³-hybridized carbons (Fsp3) is 0.650. The predicted octanol–water partition coefficient (Wildman–Crippen LogP) is 2.74. The average Bonchev–Trinajstić information content (AvgIpc) is 2.63. The van der Waals surface area contributed by atoms with E-state index < -0.39 is 0 Å². The Labute approximate surface area is 146 Å². The monoisotopic (exact) mass is 328 g/mol. The van der Waals surface area contributed by atoms with Gasteiger partial charge in [0.25, 0.3) is 0 Å². The second-order valence-electron chi connectivity index (χ2n) is 7.29. The van der Waals surface area contributed by atoms with Crippen LogP contribution in [0.5, 0.6) is 0 Å². The molecule has 1 aromatic rings. The zero-order chi connectivity index (χ0) is 16.8. The van der Waals surface area contributed by atoms with Gasteiger partial charge in [0.15, 0.2) is 5.96 Å². The van der Waals surface area contributed by atoms with E-state index in [2.05, 4.69) is 51.3 Å². The molecule has 0 aromatic heterocycles. The molecule has 0 aliphatic carbocycles. The second-order valence-corrected chi connectivity index (χ2v) is 7.29. The summed E-state index contributed by atoms with van der Waals surface area (Å²) in [6, 6.07) is 8.87. The highest BCUT2D eigenvalue weighted by atomic mass is 15.3. The standard InChI is InChI=1S/C20H32N4/c1-17-8-14-24(15-9-17)20(21-2)22-11-5-12-23-13-10-18-6-3-4-7-19(18)16-23/h3-4,6-7,17H,5,8-16H2,1-2H3,(H,21,22). The highest BCUT2D eigenvalue weighted by molar-refractivity contribution is 5.79. The zero-order valence-corrected chi connectivity index (χ0v) is 15.3. The Balaban J connectivity index is 1.38. The zero-order valence-electron chi connectivity index (χ0n) is 15.3. The molecule has 1 saturated heterocycles. The molecule has 1 aromatic carbocycles. The first-order chi connectivity index (χ1) is 11.8. The lowest BCUT2D eigenvalue weighted by molar-refractivity contribution is 0.249. The second kappa shape index (κ2) is 8.52. The summed E-state index contributed by atoms with van der Waals surface area (Å²) in [4.78, 5) is 9.46. The van der Waals surface area contributed by atoms with Gasteiger partial charge in [0.2, 0.25) is 0 Å². The number of guanidine groups is 1. The molecule has 0 amide bonds. The van der Waals surface area contributed by atoms with Gasteiger partial charge in [0.1, 0.15) is 0 Å². The van der Waals surface area contributed by atoms with Crippen LogP contribution in [-0.4, -0.2) is 55.5 Å². The van der Waals surface area contributed by atoms with Crippen molar-refractivity contribution in [2.75, 3.05) is 39.8 Å². The maximum atomic E-state index is 4.47. The fourth-order valence-corrected chi connectivity index (χ4v) is 3.80. The van der Waals surface area contributed by atoms with Crippen molar-refractivity contribution in [2.45, 2.75) is 39.2 Å². The maximum Gasteiger partial charge on any atom is 0.193 e. The van der Waals surface area contributed by atoms with Gasteiger partial charge in [0, 0.05) is 46.3 Å². The molecule has 1 fully saturated rings. The van der Waals surface area contributed by atoms with Crippen LogP contribution in [0, 0.1) is 5.92 Å². The van der Waals surface area contributed by atoms with E-state index >= 15 is 0 Å². The van der Waals surface area contributed by atoms with Crippen LogP contribution < -0.4 is 5.32 Å². The third kappa shape index (κ3) is 4.50. The van der Waals surface area contributed by atoms with Crippen molar-refractivity contribution in [1.82, 2.24) is 15.1 Å². The molecule has 3 rings (SSSR count). The van der Waals surface area contributed by atoms with Gasteiger partial charge in [0.05, 0.1) is 0 Å². The van der Waals surface area contributed by atoms with Gasteiger partial charge >= 0.3 is 0 Å². The summed E-state index contributed by atoms with van der Waals surface area (Å²) >= 11 is 0. The van der Waals surface area contributed by atoms with Crippen LogP contribution in [0.2, 0.25) is 0 Å². The van der Waals surface area contributed by atoms with Crippen molar-refractivity contribution in [3.63, 3.8) is 0 Å². The maximum absolute atomic E-state index is 4.47. The minimum atomic E-state index is 0.862. The SMILES string of the molecule is CN=C(NCCCN1CCc2ccccc2C1)N1CCC(C)CC1. The Bertz CT molecular complexity index is 546. The average molecular weight is 329 g/mol. The minimum absolute atomic E-state index is 0.862. The van der Waals surface area contributed by atoms with Crippen LogP contribution in [0.4, 0.5) is 0 Å². The Morgan fingerprint density at radius 3 is 2.67 bits per heavy atom. The van der Waals surface area contributed by atoms with E-state index in [4.69, 9.17) is 0 Å². The van der Waals surface area contributed by atoms with Gasteiger partial charge in [-0.15, -0.1) is 0 Å². The normalized spacial score (nSPS) is 20.1. The lowest BCUT2D eigenvalue weighted by Gasteiger charge is -2.33. The van der Waals surface area contributed by atoms with Gasteiger partial charge in [-0.2, -0.15) is 0 Å². The lowest BCUT2D eigenvalue weighted by atomic mass is 9.99. The number of nitrogens with one attached hydrogen (secondary N) is 1. The molecule has 0 saturated carbocycles. The van der Waals surface area contributed by atoms with E-state index in [1.54, 1.807) is 0 Å². The molecule has 0 spiro atoms. The van der Waals surface area contributed by atoms with Crippen molar-refractivity contribution in [3.05, 3.63) is 35.4 Å².